The fraction of sp³-hybridized carbons (Fsp3) is 0.222. The number of carbonyl (C=O) groups excluding carboxylic acids is 2. The standard InChI is InChI=1S/C18H19N5O3/c1-2-23-12-20-22-17(23)13-5-3-6-14(11-13)21-16(24)8-9-19-18(25)15-7-4-10-26-15/h3-7,10-12H,2,8-9H2,1H3,(H,19,25)(H,21,24). The Balaban J connectivity index is 1.54. The normalized spacial score (nSPS) is 10.5. The Kier molecular flexibility index (Phi) is 5.43. The Hall–Kier alpha value is -3.42. The third kappa shape index (κ3) is 4.15. The Bertz CT molecular complexity index is 886. The number of amides is 2. The summed E-state index contributed by atoms with van der Waals surface area (Å²) >= 11 is 0. The molecule has 3 rings (SSSR count). The van der Waals surface area contributed by atoms with Crippen LogP contribution in [0.2, 0.25) is 0 Å². The molecule has 0 radical (unpaired) electrons. The van der Waals surface area contributed by atoms with Gasteiger partial charge in [0.05, 0.1) is 6.26 Å². The summed E-state index contributed by atoms with van der Waals surface area (Å²) in [4.78, 5) is 23.8. The highest BCUT2D eigenvalue weighted by molar-refractivity contribution is 5.93. The van der Waals surface area contributed by atoms with Crippen molar-refractivity contribution in [3.63, 3.8) is 0 Å². The van der Waals surface area contributed by atoms with Crippen LogP contribution in [0, 0.1) is 0 Å². The second-order valence-corrected chi connectivity index (χ2v) is 5.55. The van der Waals surface area contributed by atoms with Crippen LogP contribution in [0.3, 0.4) is 0 Å². The van der Waals surface area contributed by atoms with Gasteiger partial charge in [0.1, 0.15) is 6.33 Å². The van der Waals surface area contributed by atoms with Gasteiger partial charge in [-0.25, -0.2) is 0 Å². The first kappa shape index (κ1) is 17.4. The van der Waals surface area contributed by atoms with Crippen LogP contribution >= 0.6 is 0 Å². The zero-order valence-corrected chi connectivity index (χ0v) is 14.3. The molecule has 2 aromatic heterocycles. The van der Waals surface area contributed by atoms with Crippen LogP contribution in [0.1, 0.15) is 23.9 Å². The minimum atomic E-state index is -0.344. The summed E-state index contributed by atoms with van der Waals surface area (Å²) in [5.74, 6) is 0.426. The number of nitrogens with one attached hydrogen (secondary N) is 2. The minimum Gasteiger partial charge on any atom is -0.459 e. The molecule has 0 aliphatic heterocycles. The maximum absolute atomic E-state index is 12.1. The van der Waals surface area contributed by atoms with Crippen LogP contribution in [0.25, 0.3) is 11.4 Å². The molecule has 26 heavy (non-hydrogen) atoms. The van der Waals surface area contributed by atoms with Crippen molar-refractivity contribution in [1.29, 1.82) is 0 Å². The molecular formula is C18H19N5O3. The van der Waals surface area contributed by atoms with Gasteiger partial charge >= 0.3 is 0 Å². The molecule has 134 valence electrons. The van der Waals surface area contributed by atoms with E-state index in [0.717, 1.165) is 17.9 Å². The van der Waals surface area contributed by atoms with Gasteiger partial charge in [-0.3, -0.25) is 9.59 Å². The molecule has 0 aliphatic rings. The zero-order valence-electron chi connectivity index (χ0n) is 14.3. The summed E-state index contributed by atoms with van der Waals surface area (Å²) in [7, 11) is 0. The lowest BCUT2D eigenvalue weighted by Crippen LogP contribution is -2.27. The van der Waals surface area contributed by atoms with Crippen molar-refractivity contribution < 1.29 is 14.0 Å². The lowest BCUT2D eigenvalue weighted by atomic mass is 10.2. The van der Waals surface area contributed by atoms with Crippen molar-refractivity contribution in [3.05, 3.63) is 54.7 Å². The molecule has 0 atom stereocenters. The van der Waals surface area contributed by atoms with E-state index in [0.29, 0.717) is 5.69 Å². The van der Waals surface area contributed by atoms with Gasteiger partial charge in [0.25, 0.3) is 5.91 Å². The molecule has 2 amide bonds. The van der Waals surface area contributed by atoms with E-state index in [1.54, 1.807) is 24.5 Å². The number of carbonyl (C=O) groups is 2. The molecule has 8 nitrogen and oxygen atoms in total. The van der Waals surface area contributed by atoms with Crippen LogP contribution in [0.4, 0.5) is 5.69 Å². The summed E-state index contributed by atoms with van der Waals surface area (Å²) in [6.45, 7) is 2.99. The van der Waals surface area contributed by atoms with Gasteiger partial charge in [0.2, 0.25) is 5.91 Å². The molecule has 0 fully saturated rings. The van der Waals surface area contributed by atoms with E-state index >= 15 is 0 Å². The molecule has 0 aliphatic carbocycles. The maximum atomic E-state index is 12.1. The third-order valence-corrected chi connectivity index (χ3v) is 3.74. The van der Waals surface area contributed by atoms with Gasteiger partial charge < -0.3 is 19.6 Å². The first-order valence-electron chi connectivity index (χ1n) is 8.27. The highest BCUT2D eigenvalue weighted by Gasteiger charge is 2.10. The summed E-state index contributed by atoms with van der Waals surface area (Å²) < 4.78 is 6.91. The van der Waals surface area contributed by atoms with E-state index in [1.807, 2.05) is 29.7 Å². The number of aryl methyl sites for hydroxylation is 1. The van der Waals surface area contributed by atoms with Gasteiger partial charge in [-0.15, -0.1) is 10.2 Å². The van der Waals surface area contributed by atoms with E-state index in [2.05, 4.69) is 20.8 Å². The van der Waals surface area contributed by atoms with Gasteiger partial charge in [-0.05, 0) is 31.2 Å². The maximum Gasteiger partial charge on any atom is 0.286 e. The highest BCUT2D eigenvalue weighted by Crippen LogP contribution is 2.20. The summed E-state index contributed by atoms with van der Waals surface area (Å²) in [5, 5.41) is 13.5. The van der Waals surface area contributed by atoms with E-state index in [9.17, 15) is 9.59 Å². The summed E-state index contributed by atoms with van der Waals surface area (Å²) in [6.07, 6.45) is 3.25. The minimum absolute atomic E-state index is 0.155. The SMILES string of the molecule is CCn1cnnc1-c1cccc(NC(=O)CCNC(=O)c2ccco2)c1. The number of hydrogen-bond donors (Lipinski definition) is 2. The molecule has 3 aromatic rings. The molecule has 0 unspecified atom stereocenters. The average molecular weight is 353 g/mol. The molecule has 0 saturated carbocycles. The predicted molar refractivity (Wildman–Crippen MR) is 95.4 cm³/mol. The topological polar surface area (TPSA) is 102 Å². The van der Waals surface area contributed by atoms with Crippen LogP contribution in [0.5, 0.6) is 0 Å². The molecular weight excluding hydrogens is 334 g/mol. The molecule has 0 spiro atoms. The largest absolute Gasteiger partial charge is 0.459 e. The zero-order chi connectivity index (χ0) is 18.4. The Morgan fingerprint density at radius 3 is 2.88 bits per heavy atom. The van der Waals surface area contributed by atoms with Crippen LogP contribution < -0.4 is 10.6 Å². The Morgan fingerprint density at radius 2 is 2.12 bits per heavy atom. The van der Waals surface area contributed by atoms with E-state index < -0.39 is 0 Å². The molecule has 0 saturated heterocycles. The van der Waals surface area contributed by atoms with Crippen LogP contribution in [-0.4, -0.2) is 33.1 Å². The smallest absolute Gasteiger partial charge is 0.286 e. The van der Waals surface area contributed by atoms with Gasteiger partial charge in [-0.1, -0.05) is 12.1 Å². The average Bonchev–Trinajstić information content (AvgIpc) is 3.33. The molecule has 2 N–H and O–H groups in total. The second-order valence-electron chi connectivity index (χ2n) is 5.55. The number of benzene rings is 1. The lowest BCUT2D eigenvalue weighted by Gasteiger charge is -2.08. The van der Waals surface area contributed by atoms with E-state index in [-0.39, 0.29) is 30.5 Å². The van der Waals surface area contributed by atoms with Crippen molar-refractivity contribution >= 4 is 17.5 Å². The first-order chi connectivity index (χ1) is 12.7. The number of aromatic nitrogens is 3. The quantitative estimate of drug-likeness (QED) is 0.679. The van der Waals surface area contributed by atoms with Crippen LogP contribution in [0.15, 0.2) is 53.4 Å². The summed E-state index contributed by atoms with van der Waals surface area (Å²) in [6, 6.07) is 10.6. The monoisotopic (exact) mass is 353 g/mol. The Labute approximate surface area is 150 Å². The third-order valence-electron chi connectivity index (χ3n) is 3.74. The van der Waals surface area contributed by atoms with E-state index in [1.165, 1.54) is 6.26 Å². The van der Waals surface area contributed by atoms with Crippen molar-refractivity contribution in [2.75, 3.05) is 11.9 Å². The lowest BCUT2D eigenvalue weighted by molar-refractivity contribution is -0.116. The van der Waals surface area contributed by atoms with Crippen molar-refractivity contribution in [2.45, 2.75) is 19.9 Å². The van der Waals surface area contributed by atoms with Crippen molar-refractivity contribution in [1.82, 2.24) is 20.1 Å². The number of rotatable bonds is 7. The first-order valence-corrected chi connectivity index (χ1v) is 8.27. The van der Waals surface area contributed by atoms with Crippen LogP contribution in [-0.2, 0) is 11.3 Å². The number of nitrogens with zero attached hydrogens (tertiary/aromatic N) is 3. The Morgan fingerprint density at radius 1 is 1.23 bits per heavy atom. The number of anilines is 1. The van der Waals surface area contributed by atoms with E-state index in [4.69, 9.17) is 4.42 Å². The number of hydrogen-bond acceptors (Lipinski definition) is 5. The van der Waals surface area contributed by atoms with Gasteiger partial charge in [0.15, 0.2) is 11.6 Å². The highest BCUT2D eigenvalue weighted by atomic mass is 16.3. The molecule has 1 aromatic carbocycles. The van der Waals surface area contributed by atoms with Gasteiger partial charge in [0, 0.05) is 30.8 Å². The molecule has 2 heterocycles. The van der Waals surface area contributed by atoms with Crippen molar-refractivity contribution in [3.8, 4) is 11.4 Å². The fourth-order valence-electron chi connectivity index (χ4n) is 2.45. The van der Waals surface area contributed by atoms with Crippen molar-refractivity contribution in [2.24, 2.45) is 0 Å². The molecule has 8 heteroatoms. The van der Waals surface area contributed by atoms with Gasteiger partial charge in [-0.2, -0.15) is 0 Å². The molecule has 0 bridgehead atoms. The summed E-state index contributed by atoms with van der Waals surface area (Å²) in [5.41, 5.74) is 1.53. The second kappa shape index (κ2) is 8.11. The number of furan rings is 1. The predicted octanol–water partition coefficient (Wildman–Crippen LogP) is 2.32. The fourth-order valence-corrected chi connectivity index (χ4v) is 2.45.